The predicted octanol–water partition coefficient (Wildman–Crippen LogP) is 6.15. The maximum atomic E-state index is 8.88. The third kappa shape index (κ3) is 5.18. The molecule has 2 aromatic rings. The summed E-state index contributed by atoms with van der Waals surface area (Å²) in [6.45, 7) is 12.5. The van der Waals surface area contributed by atoms with Crippen LogP contribution in [-0.4, -0.2) is 0 Å². The fourth-order valence-corrected chi connectivity index (χ4v) is 3.63. The Kier molecular flexibility index (Phi) is 6.08. The van der Waals surface area contributed by atoms with E-state index >= 15 is 0 Å². The van der Waals surface area contributed by atoms with Gasteiger partial charge in [-0.2, -0.15) is 0 Å². The van der Waals surface area contributed by atoms with Crippen LogP contribution in [0.1, 0.15) is 52.7 Å². The van der Waals surface area contributed by atoms with Crippen molar-refractivity contribution >= 4 is 11.8 Å². The molecule has 2 aromatic carbocycles. The maximum absolute atomic E-state index is 8.88. The summed E-state index contributed by atoms with van der Waals surface area (Å²) in [5.41, 5.74) is 1.66. The van der Waals surface area contributed by atoms with Crippen molar-refractivity contribution in [3.63, 3.8) is 0 Å². The number of hydrogen-bond donors (Lipinski definition) is 0. The van der Waals surface area contributed by atoms with Gasteiger partial charge in [-0.25, -0.2) is 0 Å². The van der Waals surface area contributed by atoms with Crippen LogP contribution >= 0.6 is 11.8 Å². The fourth-order valence-electron chi connectivity index (χ4n) is 2.73. The topological polar surface area (TPSA) is 66.0 Å². The van der Waals surface area contributed by atoms with Crippen LogP contribution in [0.2, 0.25) is 0 Å². The minimum absolute atomic E-state index is 0.149. The van der Waals surface area contributed by atoms with Crippen LogP contribution in [0.15, 0.2) is 46.2 Å². The third-order valence-electron chi connectivity index (χ3n) is 4.06. The van der Waals surface area contributed by atoms with Gasteiger partial charge in [0.25, 0.3) is 12.5 Å². The first-order chi connectivity index (χ1) is 12.6. The van der Waals surface area contributed by atoms with Gasteiger partial charge >= 0.3 is 0 Å². The van der Waals surface area contributed by atoms with E-state index in [1.54, 1.807) is 24.3 Å². The molecule has 0 unspecified atom stereocenters. The smallest absolute Gasteiger partial charge is 0.292 e. The molecular weight excluding hydrogens is 356 g/mol. The molecule has 140 valence electrons. The number of hydrogen-bond acceptors (Lipinski definition) is 5. The zero-order valence-corrected chi connectivity index (χ0v) is 17.4. The van der Waals surface area contributed by atoms with Gasteiger partial charge in [0.2, 0.25) is 0 Å². The van der Waals surface area contributed by atoms with Crippen molar-refractivity contribution in [2.24, 2.45) is 0 Å². The third-order valence-corrected chi connectivity index (χ3v) is 5.04. The fraction of sp³-hybridized carbons (Fsp3) is 0.364. The van der Waals surface area contributed by atoms with Gasteiger partial charge in [0, 0.05) is 20.9 Å². The molecule has 0 bridgehead atoms. The lowest BCUT2D eigenvalue weighted by Gasteiger charge is -2.23. The summed E-state index contributed by atoms with van der Waals surface area (Å²) >= 11 is 1.62. The SMILES string of the molecule is CC(C)(C)c1cc(Sc2ccc(OC#N)c(C(C)(C)C)c2)ccc1OC#N. The van der Waals surface area contributed by atoms with Crippen LogP contribution in [-0.2, 0) is 10.8 Å². The predicted molar refractivity (Wildman–Crippen MR) is 107 cm³/mol. The highest BCUT2D eigenvalue weighted by Crippen LogP contribution is 2.40. The molecule has 27 heavy (non-hydrogen) atoms. The molecule has 0 atom stereocenters. The van der Waals surface area contributed by atoms with Crippen molar-refractivity contribution < 1.29 is 9.47 Å². The minimum atomic E-state index is -0.149. The lowest BCUT2D eigenvalue weighted by Crippen LogP contribution is -2.13. The van der Waals surface area contributed by atoms with Crippen LogP contribution in [0.4, 0.5) is 0 Å². The van der Waals surface area contributed by atoms with Gasteiger partial charge in [0.05, 0.1) is 0 Å². The normalized spacial score (nSPS) is 11.4. The van der Waals surface area contributed by atoms with E-state index in [-0.39, 0.29) is 10.8 Å². The monoisotopic (exact) mass is 380 g/mol. The Balaban J connectivity index is 2.43. The van der Waals surface area contributed by atoms with E-state index in [2.05, 4.69) is 53.7 Å². The van der Waals surface area contributed by atoms with E-state index in [0.29, 0.717) is 11.5 Å². The van der Waals surface area contributed by atoms with Gasteiger partial charge in [-0.05, 0) is 47.2 Å². The molecule has 0 aliphatic carbocycles. The first kappa shape index (κ1) is 20.7. The standard InChI is InChI=1S/C22H24N2O2S/c1-21(2,3)17-11-15(7-9-19(17)25-13-23)27-16-8-10-20(26-14-24)18(12-16)22(4,5)6/h7-12H,1-6H3. The van der Waals surface area contributed by atoms with Gasteiger partial charge in [-0.1, -0.05) is 53.3 Å². The average molecular weight is 381 g/mol. The maximum Gasteiger partial charge on any atom is 0.292 e. The Morgan fingerprint density at radius 1 is 0.704 bits per heavy atom. The Bertz CT molecular complexity index is 834. The molecule has 5 heteroatoms. The van der Waals surface area contributed by atoms with Gasteiger partial charge in [0.15, 0.2) is 0 Å². The highest BCUT2D eigenvalue weighted by molar-refractivity contribution is 7.99. The van der Waals surface area contributed by atoms with Crippen LogP contribution in [0.5, 0.6) is 11.5 Å². The zero-order chi connectivity index (χ0) is 20.2. The van der Waals surface area contributed by atoms with Crippen molar-refractivity contribution in [2.45, 2.75) is 62.2 Å². The number of rotatable bonds is 4. The molecule has 0 saturated carbocycles. The molecule has 0 N–H and O–H groups in total. The Morgan fingerprint density at radius 2 is 1.07 bits per heavy atom. The van der Waals surface area contributed by atoms with Crippen LogP contribution < -0.4 is 9.47 Å². The minimum Gasteiger partial charge on any atom is -0.388 e. The van der Waals surface area contributed by atoms with Crippen molar-refractivity contribution in [3.05, 3.63) is 47.5 Å². The second kappa shape index (κ2) is 7.94. The molecule has 0 aliphatic heterocycles. The van der Waals surface area contributed by atoms with Crippen molar-refractivity contribution in [1.29, 1.82) is 10.5 Å². The van der Waals surface area contributed by atoms with E-state index in [1.807, 2.05) is 24.3 Å². The highest BCUT2D eigenvalue weighted by atomic mass is 32.2. The molecule has 0 saturated heterocycles. The zero-order valence-electron chi connectivity index (χ0n) is 16.6. The largest absolute Gasteiger partial charge is 0.388 e. The van der Waals surface area contributed by atoms with Gasteiger partial charge in [0.1, 0.15) is 11.5 Å². The number of benzene rings is 2. The lowest BCUT2D eigenvalue weighted by molar-refractivity contribution is 0.473. The summed E-state index contributed by atoms with van der Waals surface area (Å²) in [6, 6.07) is 11.7. The van der Waals surface area contributed by atoms with Crippen LogP contribution in [0, 0.1) is 23.0 Å². The Morgan fingerprint density at radius 3 is 1.37 bits per heavy atom. The molecule has 4 nitrogen and oxygen atoms in total. The number of nitrogens with zero attached hydrogens (tertiary/aromatic N) is 2. The summed E-state index contributed by atoms with van der Waals surface area (Å²) in [5.74, 6) is 1.17. The molecule has 0 heterocycles. The van der Waals surface area contributed by atoms with E-state index < -0.39 is 0 Å². The second-order valence-electron chi connectivity index (χ2n) is 8.30. The number of nitriles is 2. The van der Waals surface area contributed by atoms with E-state index in [9.17, 15) is 0 Å². The summed E-state index contributed by atoms with van der Waals surface area (Å²) in [5, 5.41) is 17.8. The molecule has 0 amide bonds. The van der Waals surface area contributed by atoms with Crippen LogP contribution in [0.3, 0.4) is 0 Å². The summed E-state index contributed by atoms with van der Waals surface area (Å²) in [7, 11) is 0. The van der Waals surface area contributed by atoms with E-state index in [0.717, 1.165) is 20.9 Å². The second-order valence-corrected chi connectivity index (χ2v) is 9.45. The van der Waals surface area contributed by atoms with E-state index in [1.165, 1.54) is 0 Å². The van der Waals surface area contributed by atoms with Gasteiger partial charge in [-0.3, -0.25) is 0 Å². The first-order valence-corrected chi connectivity index (χ1v) is 9.46. The Labute approximate surface area is 165 Å². The molecule has 2 rings (SSSR count). The van der Waals surface area contributed by atoms with Gasteiger partial charge < -0.3 is 9.47 Å². The molecule has 0 spiro atoms. The molecule has 0 fully saturated rings. The molecule has 0 radical (unpaired) electrons. The summed E-state index contributed by atoms with van der Waals surface area (Å²) in [6.07, 6.45) is 3.52. The quantitative estimate of drug-likeness (QED) is 0.595. The first-order valence-electron chi connectivity index (χ1n) is 8.65. The highest BCUT2D eigenvalue weighted by Gasteiger charge is 2.22. The van der Waals surface area contributed by atoms with E-state index in [4.69, 9.17) is 20.0 Å². The summed E-state index contributed by atoms with van der Waals surface area (Å²) in [4.78, 5) is 2.11. The molecule has 0 aliphatic rings. The Hall–Kier alpha value is -2.63. The number of ether oxygens (including phenoxy) is 2. The summed E-state index contributed by atoms with van der Waals surface area (Å²) < 4.78 is 10.2. The van der Waals surface area contributed by atoms with Crippen molar-refractivity contribution in [1.82, 2.24) is 0 Å². The van der Waals surface area contributed by atoms with Crippen molar-refractivity contribution in [3.8, 4) is 24.0 Å². The molecular formula is C22H24N2O2S. The molecule has 0 aromatic heterocycles. The average Bonchev–Trinajstić information content (AvgIpc) is 2.56. The van der Waals surface area contributed by atoms with Crippen LogP contribution in [0.25, 0.3) is 0 Å². The van der Waals surface area contributed by atoms with Crippen molar-refractivity contribution in [2.75, 3.05) is 0 Å². The van der Waals surface area contributed by atoms with Gasteiger partial charge in [-0.15, -0.1) is 10.5 Å². The lowest BCUT2D eigenvalue weighted by atomic mass is 9.86.